The summed E-state index contributed by atoms with van der Waals surface area (Å²) < 4.78 is 7.65. The molecule has 6 nitrogen and oxygen atoms in total. The molecule has 0 aliphatic heterocycles. The summed E-state index contributed by atoms with van der Waals surface area (Å²) in [5.74, 6) is -0.217. The Bertz CT molecular complexity index is 1200. The highest BCUT2D eigenvalue weighted by Crippen LogP contribution is 2.26. The van der Waals surface area contributed by atoms with Gasteiger partial charge in [0.05, 0.1) is 10.7 Å². The van der Waals surface area contributed by atoms with Crippen molar-refractivity contribution in [3.05, 3.63) is 97.4 Å². The third-order valence-electron chi connectivity index (χ3n) is 4.99. The molecular weight excluding hydrogens is 598 g/mol. The normalized spacial score (nSPS) is 11.9. The topological polar surface area (TPSA) is 79.8 Å². The highest BCUT2D eigenvalue weighted by molar-refractivity contribution is 9.10. The van der Waals surface area contributed by atoms with Crippen LogP contribution in [0.3, 0.4) is 0 Å². The zero-order valence-corrected chi connectivity index (χ0v) is 23.0. The van der Waals surface area contributed by atoms with E-state index in [0.717, 1.165) is 20.1 Å². The van der Waals surface area contributed by atoms with Crippen LogP contribution in [0.1, 0.15) is 35.3 Å². The van der Waals surface area contributed by atoms with E-state index in [-0.39, 0.29) is 11.8 Å². The summed E-state index contributed by atoms with van der Waals surface area (Å²) in [5.41, 5.74) is 4.74. The van der Waals surface area contributed by atoms with Gasteiger partial charge in [-0.05, 0) is 87.6 Å². The summed E-state index contributed by atoms with van der Waals surface area (Å²) in [7, 11) is 0. The first-order chi connectivity index (χ1) is 16.7. The Balaban J connectivity index is 1.56. The number of hydrazone groups is 1. The van der Waals surface area contributed by atoms with E-state index in [1.165, 1.54) is 6.21 Å². The lowest BCUT2D eigenvalue weighted by atomic mass is 10.0. The zero-order valence-electron chi connectivity index (χ0n) is 19.1. The molecule has 3 aromatic carbocycles. The second-order valence-electron chi connectivity index (χ2n) is 8.04. The molecule has 0 aliphatic rings. The van der Waals surface area contributed by atoms with Crippen LogP contribution in [0.25, 0.3) is 0 Å². The lowest BCUT2D eigenvalue weighted by molar-refractivity contribution is -0.123. The second kappa shape index (κ2) is 12.9. The molecule has 2 amide bonds. The van der Waals surface area contributed by atoms with Crippen LogP contribution in [-0.4, -0.2) is 24.1 Å². The fraction of sp³-hybridized carbons (Fsp3) is 0.192. The quantitative estimate of drug-likeness (QED) is 0.216. The van der Waals surface area contributed by atoms with E-state index in [9.17, 15) is 9.59 Å². The summed E-state index contributed by atoms with van der Waals surface area (Å²) in [6.45, 7) is 4.13. The van der Waals surface area contributed by atoms with Crippen LogP contribution in [-0.2, 0) is 11.4 Å². The second-order valence-corrected chi connectivity index (χ2v) is 10.2. The van der Waals surface area contributed by atoms with Crippen molar-refractivity contribution in [1.82, 2.24) is 10.7 Å². The third kappa shape index (κ3) is 8.19. The average molecular weight is 622 g/mol. The van der Waals surface area contributed by atoms with Gasteiger partial charge in [0.1, 0.15) is 18.4 Å². The van der Waals surface area contributed by atoms with Gasteiger partial charge in [0.25, 0.3) is 11.8 Å². The number of nitrogens with one attached hydrogen (secondary N) is 2. The van der Waals surface area contributed by atoms with Crippen LogP contribution in [0.2, 0.25) is 5.02 Å². The van der Waals surface area contributed by atoms with Crippen LogP contribution in [0.4, 0.5) is 0 Å². The fourth-order valence-electron chi connectivity index (χ4n) is 3.06. The van der Waals surface area contributed by atoms with Crippen LogP contribution >= 0.6 is 43.5 Å². The lowest BCUT2D eigenvalue weighted by Gasteiger charge is -2.20. The van der Waals surface area contributed by atoms with E-state index >= 15 is 0 Å². The van der Waals surface area contributed by atoms with Gasteiger partial charge >= 0.3 is 0 Å². The zero-order chi connectivity index (χ0) is 25.4. The molecule has 1 unspecified atom stereocenters. The summed E-state index contributed by atoms with van der Waals surface area (Å²) in [4.78, 5) is 25.2. The van der Waals surface area contributed by atoms with Crippen molar-refractivity contribution in [1.29, 1.82) is 0 Å². The van der Waals surface area contributed by atoms with Crippen LogP contribution in [0.15, 0.2) is 80.8 Å². The molecule has 3 rings (SSSR count). The Morgan fingerprint density at radius 1 is 1.03 bits per heavy atom. The first-order valence-electron chi connectivity index (χ1n) is 10.8. The Hall–Kier alpha value is -2.68. The maximum absolute atomic E-state index is 12.7. The Kier molecular flexibility index (Phi) is 9.89. The molecule has 182 valence electrons. The summed E-state index contributed by atoms with van der Waals surface area (Å²) >= 11 is 12.8. The highest BCUT2D eigenvalue weighted by Gasteiger charge is 2.24. The van der Waals surface area contributed by atoms with Crippen molar-refractivity contribution in [3.63, 3.8) is 0 Å². The molecule has 35 heavy (non-hydrogen) atoms. The van der Waals surface area contributed by atoms with E-state index in [1.807, 2.05) is 56.3 Å². The van der Waals surface area contributed by atoms with E-state index in [2.05, 4.69) is 47.7 Å². The fourth-order valence-corrected chi connectivity index (χ4v) is 3.96. The minimum atomic E-state index is -0.753. The summed E-state index contributed by atoms with van der Waals surface area (Å²) in [6, 6.07) is 19.1. The van der Waals surface area contributed by atoms with Crippen molar-refractivity contribution in [2.24, 2.45) is 11.0 Å². The van der Waals surface area contributed by atoms with Gasteiger partial charge in [-0.3, -0.25) is 9.59 Å². The van der Waals surface area contributed by atoms with Gasteiger partial charge in [0, 0.05) is 15.1 Å². The van der Waals surface area contributed by atoms with Crippen molar-refractivity contribution in [2.45, 2.75) is 26.5 Å². The molecule has 0 saturated heterocycles. The van der Waals surface area contributed by atoms with Crippen molar-refractivity contribution in [3.8, 4) is 5.75 Å². The number of carbonyl (C=O) groups excluding carboxylic acids is 2. The lowest BCUT2D eigenvalue weighted by Crippen LogP contribution is -2.48. The standard InChI is InChI=1S/C26H24Br2ClN3O3/c1-16(2)24(31-25(33)19-6-10-21(29)11-7-19)26(34)32-30-14-18-5-12-23(22(28)13-18)35-15-17-3-8-20(27)9-4-17/h3-14,16,24H,15H2,1-2H3,(H,31,33)(H,32,34)/b30-14+. The number of nitrogens with zero attached hydrogens (tertiary/aromatic N) is 1. The highest BCUT2D eigenvalue weighted by atomic mass is 79.9. The molecule has 0 radical (unpaired) electrons. The molecule has 0 aromatic heterocycles. The predicted molar refractivity (Wildman–Crippen MR) is 146 cm³/mol. The molecule has 0 heterocycles. The van der Waals surface area contributed by atoms with E-state index in [0.29, 0.717) is 22.9 Å². The van der Waals surface area contributed by atoms with Crippen molar-refractivity contribution in [2.75, 3.05) is 0 Å². The SMILES string of the molecule is CC(C)C(NC(=O)c1ccc(Cl)cc1)C(=O)N/N=C/c1ccc(OCc2ccc(Br)cc2)c(Br)c1. The van der Waals surface area contributed by atoms with Crippen LogP contribution in [0, 0.1) is 5.92 Å². The van der Waals surface area contributed by atoms with Gasteiger partial charge in [-0.1, -0.05) is 53.5 Å². The van der Waals surface area contributed by atoms with Crippen molar-refractivity contribution < 1.29 is 14.3 Å². The smallest absolute Gasteiger partial charge is 0.262 e. The third-order valence-corrected chi connectivity index (χ3v) is 6.39. The summed E-state index contributed by atoms with van der Waals surface area (Å²) in [5, 5.41) is 7.34. The molecule has 0 fully saturated rings. The summed E-state index contributed by atoms with van der Waals surface area (Å²) in [6.07, 6.45) is 1.53. The number of halogens is 3. The van der Waals surface area contributed by atoms with E-state index in [1.54, 1.807) is 24.3 Å². The molecule has 3 aromatic rings. The average Bonchev–Trinajstić information content (AvgIpc) is 2.83. The monoisotopic (exact) mass is 619 g/mol. The molecule has 9 heteroatoms. The predicted octanol–water partition coefficient (Wildman–Crippen LogP) is 6.35. The number of amides is 2. The number of ether oxygens (including phenoxy) is 1. The van der Waals surface area contributed by atoms with Gasteiger partial charge in [-0.15, -0.1) is 0 Å². The first kappa shape index (κ1) is 26.9. The number of hydrogen-bond donors (Lipinski definition) is 2. The Morgan fingerprint density at radius 2 is 1.71 bits per heavy atom. The minimum Gasteiger partial charge on any atom is -0.488 e. The van der Waals surface area contributed by atoms with Gasteiger partial charge in [0.15, 0.2) is 0 Å². The molecule has 0 aliphatic carbocycles. The molecule has 1 atom stereocenters. The van der Waals surface area contributed by atoms with Gasteiger partial charge in [-0.25, -0.2) is 5.43 Å². The number of hydrogen-bond acceptors (Lipinski definition) is 4. The molecule has 0 spiro atoms. The molecular formula is C26H24Br2ClN3O3. The maximum Gasteiger partial charge on any atom is 0.262 e. The number of carbonyl (C=O) groups is 2. The number of rotatable bonds is 9. The van der Waals surface area contributed by atoms with E-state index in [4.69, 9.17) is 16.3 Å². The van der Waals surface area contributed by atoms with Gasteiger partial charge in [-0.2, -0.15) is 5.10 Å². The number of benzene rings is 3. The van der Waals surface area contributed by atoms with Gasteiger partial charge < -0.3 is 10.1 Å². The molecule has 0 saturated carbocycles. The van der Waals surface area contributed by atoms with Crippen LogP contribution in [0.5, 0.6) is 5.75 Å². The largest absolute Gasteiger partial charge is 0.488 e. The van der Waals surface area contributed by atoms with Crippen molar-refractivity contribution >= 4 is 61.5 Å². The maximum atomic E-state index is 12.7. The molecule has 2 N–H and O–H groups in total. The Labute approximate surface area is 226 Å². The first-order valence-corrected chi connectivity index (χ1v) is 12.8. The molecule has 0 bridgehead atoms. The van der Waals surface area contributed by atoms with E-state index < -0.39 is 11.9 Å². The Morgan fingerprint density at radius 3 is 2.34 bits per heavy atom. The van der Waals surface area contributed by atoms with Gasteiger partial charge in [0.2, 0.25) is 0 Å². The van der Waals surface area contributed by atoms with Crippen LogP contribution < -0.4 is 15.5 Å². The minimum absolute atomic E-state index is 0.141.